The smallest absolute Gasteiger partial charge is 0.379 e. The van der Waals surface area contributed by atoms with Gasteiger partial charge in [-0.05, 0) is 6.92 Å². The zero-order chi connectivity index (χ0) is 29.2. The first kappa shape index (κ1) is 28.6. The summed E-state index contributed by atoms with van der Waals surface area (Å²) in [5.41, 5.74) is -5.05. The number of rotatable bonds is 6. The SMILES string of the molecule is C[C@@H](Cn1ccc(=O)c(C(=O)N2CCN(c3ncc(C(F)(F)F)cn3)CC2)c1)Nc1cn[nH]c(=O)c1C(F)(F)F. The minimum atomic E-state index is -4.92. The Hall–Kier alpha value is -4.44. The first-order valence-corrected chi connectivity index (χ1v) is 11.8. The summed E-state index contributed by atoms with van der Waals surface area (Å²) in [6, 6.07) is 0.477. The van der Waals surface area contributed by atoms with E-state index in [1.54, 1.807) is 16.9 Å². The molecule has 0 aromatic carbocycles. The van der Waals surface area contributed by atoms with Gasteiger partial charge in [-0.1, -0.05) is 0 Å². The molecule has 0 bridgehead atoms. The highest BCUT2D eigenvalue weighted by Crippen LogP contribution is 2.32. The topological polar surface area (TPSA) is 129 Å². The van der Waals surface area contributed by atoms with Crippen molar-refractivity contribution in [3.05, 3.63) is 74.3 Å². The summed E-state index contributed by atoms with van der Waals surface area (Å²) in [4.78, 5) is 47.7. The van der Waals surface area contributed by atoms with Crippen molar-refractivity contribution in [2.75, 3.05) is 36.4 Å². The van der Waals surface area contributed by atoms with Crippen LogP contribution in [0, 0.1) is 0 Å². The van der Waals surface area contributed by atoms with E-state index in [9.17, 15) is 40.7 Å². The fourth-order valence-corrected chi connectivity index (χ4v) is 4.13. The summed E-state index contributed by atoms with van der Waals surface area (Å²) in [5.74, 6) is -0.501. The number of pyridine rings is 1. The Morgan fingerprint density at radius 1 is 1.02 bits per heavy atom. The molecule has 3 aromatic heterocycles. The Balaban J connectivity index is 1.41. The third-order valence-electron chi connectivity index (χ3n) is 6.05. The average molecular weight is 572 g/mol. The molecule has 0 spiro atoms. The van der Waals surface area contributed by atoms with Crippen LogP contribution < -0.4 is 21.2 Å². The molecule has 1 fully saturated rings. The van der Waals surface area contributed by atoms with Crippen molar-refractivity contribution in [3.63, 3.8) is 0 Å². The van der Waals surface area contributed by atoms with Crippen molar-refractivity contribution in [1.29, 1.82) is 0 Å². The molecular formula is C23H22F6N8O3. The van der Waals surface area contributed by atoms with Crippen molar-refractivity contribution >= 4 is 17.5 Å². The van der Waals surface area contributed by atoms with E-state index in [0.29, 0.717) is 12.4 Å². The highest BCUT2D eigenvalue weighted by atomic mass is 19.4. The number of anilines is 2. The second kappa shape index (κ2) is 11.0. The monoisotopic (exact) mass is 572 g/mol. The second-order valence-corrected chi connectivity index (χ2v) is 9.00. The van der Waals surface area contributed by atoms with Gasteiger partial charge in [0.1, 0.15) is 11.1 Å². The third kappa shape index (κ3) is 6.40. The number of alkyl halides is 6. The summed E-state index contributed by atoms with van der Waals surface area (Å²) in [5, 5.41) is 7.74. The lowest BCUT2D eigenvalue weighted by Gasteiger charge is -2.34. The molecule has 0 aliphatic carbocycles. The summed E-state index contributed by atoms with van der Waals surface area (Å²) in [6.07, 6.45) is -4.62. The normalized spacial score (nSPS) is 15.2. The lowest BCUT2D eigenvalue weighted by atomic mass is 10.2. The van der Waals surface area contributed by atoms with Crippen LogP contribution in [-0.4, -0.2) is 67.8 Å². The second-order valence-electron chi connectivity index (χ2n) is 9.00. The van der Waals surface area contributed by atoms with Gasteiger partial charge in [0.25, 0.3) is 11.5 Å². The highest BCUT2D eigenvalue weighted by molar-refractivity contribution is 5.94. The van der Waals surface area contributed by atoms with Crippen LogP contribution in [0.4, 0.5) is 38.0 Å². The van der Waals surface area contributed by atoms with Crippen LogP contribution >= 0.6 is 0 Å². The van der Waals surface area contributed by atoms with Crippen molar-refractivity contribution in [3.8, 4) is 0 Å². The van der Waals surface area contributed by atoms with Crippen LogP contribution in [0.1, 0.15) is 28.4 Å². The third-order valence-corrected chi connectivity index (χ3v) is 6.05. The van der Waals surface area contributed by atoms with Gasteiger partial charge in [-0.2, -0.15) is 31.4 Å². The quantitative estimate of drug-likeness (QED) is 0.431. The Morgan fingerprint density at radius 2 is 1.68 bits per heavy atom. The number of nitrogens with one attached hydrogen (secondary N) is 2. The fourth-order valence-electron chi connectivity index (χ4n) is 4.13. The number of aromatic nitrogens is 5. The van der Waals surface area contributed by atoms with Gasteiger partial charge < -0.3 is 19.7 Å². The molecule has 1 saturated heterocycles. The van der Waals surface area contributed by atoms with E-state index in [2.05, 4.69) is 20.4 Å². The number of halogens is 6. The number of hydrogen-bond acceptors (Lipinski definition) is 8. The van der Waals surface area contributed by atoms with Crippen molar-refractivity contribution in [1.82, 2.24) is 29.6 Å². The van der Waals surface area contributed by atoms with Crippen molar-refractivity contribution < 1.29 is 31.1 Å². The summed E-state index contributed by atoms with van der Waals surface area (Å²) in [7, 11) is 0. The number of nitrogens with zero attached hydrogens (tertiary/aromatic N) is 6. The molecule has 1 aliphatic rings. The number of amides is 1. The van der Waals surface area contributed by atoms with Crippen LogP contribution in [0.25, 0.3) is 0 Å². The molecule has 1 aliphatic heterocycles. The van der Waals surface area contributed by atoms with E-state index >= 15 is 0 Å². The minimum Gasteiger partial charge on any atom is -0.379 e. The van der Waals surface area contributed by atoms with Gasteiger partial charge in [-0.3, -0.25) is 14.4 Å². The van der Waals surface area contributed by atoms with E-state index in [0.717, 1.165) is 12.3 Å². The van der Waals surface area contributed by atoms with Gasteiger partial charge in [0.05, 0.1) is 17.4 Å². The van der Waals surface area contributed by atoms with E-state index in [1.165, 1.54) is 21.9 Å². The molecule has 2 N–H and O–H groups in total. The number of hydrogen-bond donors (Lipinski definition) is 2. The van der Waals surface area contributed by atoms with Crippen LogP contribution in [0.5, 0.6) is 0 Å². The predicted molar refractivity (Wildman–Crippen MR) is 129 cm³/mol. The number of H-pyrrole nitrogens is 1. The zero-order valence-electron chi connectivity index (χ0n) is 20.8. The zero-order valence-corrected chi connectivity index (χ0v) is 20.8. The highest BCUT2D eigenvalue weighted by Gasteiger charge is 2.37. The largest absolute Gasteiger partial charge is 0.423 e. The van der Waals surface area contributed by atoms with Crippen molar-refractivity contribution in [2.45, 2.75) is 31.9 Å². The summed E-state index contributed by atoms with van der Waals surface area (Å²) in [6.45, 7) is 2.29. The fraction of sp³-hybridized carbons (Fsp3) is 0.391. The van der Waals surface area contributed by atoms with Crippen LogP contribution in [0.3, 0.4) is 0 Å². The molecule has 1 atom stereocenters. The molecule has 40 heavy (non-hydrogen) atoms. The molecule has 11 nitrogen and oxygen atoms in total. The summed E-state index contributed by atoms with van der Waals surface area (Å²) < 4.78 is 79.6. The number of carbonyl (C=O) groups excluding carboxylic acids is 1. The summed E-state index contributed by atoms with van der Waals surface area (Å²) >= 11 is 0. The standard InChI is InChI=1S/C23H22F6N8O3/c1-13(33-16-10-32-34-19(39)18(16)23(27,28)29)11-35-3-2-17(38)15(12-35)20(40)36-4-6-37(7-5-36)21-30-8-14(9-31-21)22(24,25)26/h2-3,8-10,12-13H,4-7,11H2,1H3,(H2,33,34,39)/t13-/m0/s1. The average Bonchev–Trinajstić information content (AvgIpc) is 2.88. The maximum absolute atomic E-state index is 13.3. The van der Waals surface area contributed by atoms with Crippen molar-refractivity contribution in [2.24, 2.45) is 0 Å². The Bertz CT molecular complexity index is 1480. The molecule has 214 valence electrons. The van der Waals surface area contributed by atoms with E-state index in [1.807, 2.05) is 0 Å². The van der Waals surface area contributed by atoms with Gasteiger partial charge in [0, 0.05) is 69.6 Å². The van der Waals surface area contributed by atoms with E-state index < -0.39 is 52.1 Å². The van der Waals surface area contributed by atoms with Crippen LogP contribution in [-0.2, 0) is 18.9 Å². The molecule has 4 rings (SSSR count). The molecule has 17 heteroatoms. The van der Waals surface area contributed by atoms with Gasteiger partial charge in [-0.25, -0.2) is 15.1 Å². The number of carbonyl (C=O) groups is 1. The van der Waals surface area contributed by atoms with E-state index in [4.69, 9.17) is 0 Å². The molecule has 0 saturated carbocycles. The lowest BCUT2D eigenvalue weighted by molar-refractivity contribution is -0.139. The molecular weight excluding hydrogens is 550 g/mol. The van der Waals surface area contributed by atoms with Crippen LogP contribution in [0.2, 0.25) is 0 Å². The predicted octanol–water partition coefficient (Wildman–Crippen LogP) is 2.22. The first-order valence-electron chi connectivity index (χ1n) is 11.8. The molecule has 4 heterocycles. The van der Waals surface area contributed by atoms with E-state index in [-0.39, 0.29) is 44.2 Å². The van der Waals surface area contributed by atoms with Gasteiger partial charge in [0.15, 0.2) is 5.43 Å². The molecule has 0 radical (unpaired) electrons. The maximum Gasteiger partial charge on any atom is 0.423 e. The molecule has 1 amide bonds. The number of aromatic amines is 1. The molecule has 3 aromatic rings. The number of piperazine rings is 1. The first-order chi connectivity index (χ1) is 18.7. The lowest BCUT2D eigenvalue weighted by Crippen LogP contribution is -2.50. The Morgan fingerprint density at radius 3 is 2.27 bits per heavy atom. The van der Waals surface area contributed by atoms with Gasteiger partial charge in [0.2, 0.25) is 5.95 Å². The maximum atomic E-state index is 13.3. The van der Waals surface area contributed by atoms with Crippen LogP contribution in [0.15, 0.2) is 46.6 Å². The van der Waals surface area contributed by atoms with Gasteiger partial charge >= 0.3 is 12.4 Å². The van der Waals surface area contributed by atoms with Gasteiger partial charge in [-0.15, -0.1) is 0 Å². The molecule has 0 unspecified atom stereocenters. The Labute approximate surface area is 221 Å². The Kier molecular flexibility index (Phi) is 7.84. The minimum absolute atomic E-state index is 0.0314.